The van der Waals surface area contributed by atoms with Crippen LogP contribution >= 0.6 is 31.9 Å². The van der Waals surface area contributed by atoms with Crippen molar-refractivity contribution in [1.82, 2.24) is 5.32 Å². The second-order valence-corrected chi connectivity index (χ2v) is 5.55. The molecule has 2 nitrogen and oxygen atoms in total. The van der Waals surface area contributed by atoms with E-state index in [1.165, 1.54) is 12.1 Å². The van der Waals surface area contributed by atoms with E-state index in [-0.39, 0.29) is 10.4 Å². The average Bonchev–Trinajstić information content (AvgIpc) is 2.28. The smallest absolute Gasteiger partial charge is 0.254 e. The number of benzene rings is 1. The molecule has 0 aliphatic rings. The molecule has 1 rings (SSSR count). The largest absolute Gasteiger partial charge is 0.351 e. The third kappa shape index (κ3) is 3.87. The molecule has 0 radical (unpaired) electrons. The molecular formula is C11H12Br2FNO. The molecule has 0 aliphatic carbocycles. The summed E-state index contributed by atoms with van der Waals surface area (Å²) in [4.78, 5) is 11.9. The standard InChI is InChI=1S/C11H12Br2FNO/c1-2-7(12)6-15-11(16)9-5-8(13)3-4-10(9)14/h3-5,7H,2,6H2,1H3,(H,15,16). The third-order valence-corrected chi connectivity index (χ3v) is 3.56. The fourth-order valence-electron chi connectivity index (χ4n) is 1.11. The molecule has 0 saturated heterocycles. The van der Waals surface area contributed by atoms with Gasteiger partial charge >= 0.3 is 0 Å². The van der Waals surface area contributed by atoms with Crippen LogP contribution in [0.15, 0.2) is 22.7 Å². The summed E-state index contributed by atoms with van der Waals surface area (Å²) in [6.07, 6.45) is 0.904. The molecule has 1 atom stereocenters. The average molecular weight is 353 g/mol. The Morgan fingerprint density at radius 1 is 1.56 bits per heavy atom. The maximum Gasteiger partial charge on any atom is 0.254 e. The van der Waals surface area contributed by atoms with Gasteiger partial charge in [0.1, 0.15) is 5.82 Å². The van der Waals surface area contributed by atoms with E-state index >= 15 is 0 Å². The van der Waals surface area contributed by atoms with Crippen LogP contribution in [0.1, 0.15) is 23.7 Å². The van der Waals surface area contributed by atoms with Gasteiger partial charge in [-0.2, -0.15) is 0 Å². The van der Waals surface area contributed by atoms with Gasteiger partial charge in [0.25, 0.3) is 5.91 Å². The van der Waals surface area contributed by atoms with Crippen molar-refractivity contribution in [1.29, 1.82) is 0 Å². The lowest BCUT2D eigenvalue weighted by atomic mass is 10.2. The van der Waals surface area contributed by atoms with Gasteiger partial charge in [0.05, 0.1) is 5.56 Å². The first-order chi connectivity index (χ1) is 7.54. The van der Waals surface area contributed by atoms with Gasteiger partial charge in [-0.25, -0.2) is 4.39 Å². The van der Waals surface area contributed by atoms with E-state index in [9.17, 15) is 9.18 Å². The maximum atomic E-state index is 13.3. The molecule has 5 heteroatoms. The molecule has 1 aromatic carbocycles. The van der Waals surface area contributed by atoms with Crippen LogP contribution in [0.2, 0.25) is 0 Å². The Morgan fingerprint density at radius 3 is 2.88 bits per heavy atom. The Bertz CT molecular complexity index is 384. The van der Waals surface area contributed by atoms with E-state index in [1.54, 1.807) is 6.07 Å². The van der Waals surface area contributed by atoms with Crippen molar-refractivity contribution < 1.29 is 9.18 Å². The van der Waals surface area contributed by atoms with E-state index in [1.807, 2.05) is 6.92 Å². The zero-order chi connectivity index (χ0) is 12.1. The highest BCUT2D eigenvalue weighted by Gasteiger charge is 2.12. The number of carbonyl (C=O) groups is 1. The zero-order valence-corrected chi connectivity index (χ0v) is 11.9. The van der Waals surface area contributed by atoms with Gasteiger partial charge in [-0.05, 0) is 24.6 Å². The van der Waals surface area contributed by atoms with Crippen LogP contribution in [0.25, 0.3) is 0 Å². The summed E-state index contributed by atoms with van der Waals surface area (Å²) in [6.45, 7) is 2.49. The Kier molecular flexibility index (Phi) is 5.41. The zero-order valence-electron chi connectivity index (χ0n) is 8.77. The maximum absolute atomic E-state index is 13.3. The summed E-state index contributed by atoms with van der Waals surface area (Å²) in [5, 5.41) is 2.67. The van der Waals surface area contributed by atoms with Gasteiger partial charge in [-0.3, -0.25) is 4.79 Å². The molecule has 0 aromatic heterocycles. The van der Waals surface area contributed by atoms with E-state index in [4.69, 9.17) is 0 Å². The minimum atomic E-state index is -0.511. The first kappa shape index (κ1) is 13.6. The van der Waals surface area contributed by atoms with Crippen molar-refractivity contribution in [2.45, 2.75) is 18.2 Å². The predicted molar refractivity (Wildman–Crippen MR) is 69.4 cm³/mol. The number of halogens is 3. The highest BCUT2D eigenvalue weighted by molar-refractivity contribution is 9.10. The normalized spacial score (nSPS) is 12.2. The molecule has 16 heavy (non-hydrogen) atoms. The molecule has 0 bridgehead atoms. The number of amides is 1. The molecule has 1 aromatic rings. The molecule has 1 unspecified atom stereocenters. The van der Waals surface area contributed by atoms with Gasteiger partial charge in [-0.15, -0.1) is 0 Å². The summed E-state index contributed by atoms with van der Waals surface area (Å²) in [7, 11) is 0. The number of rotatable bonds is 4. The minimum absolute atomic E-state index is 0.0604. The highest BCUT2D eigenvalue weighted by Crippen LogP contribution is 2.15. The number of alkyl halides is 1. The van der Waals surface area contributed by atoms with Crippen LogP contribution in [0.3, 0.4) is 0 Å². The number of hydrogen-bond donors (Lipinski definition) is 1. The first-order valence-corrected chi connectivity index (χ1v) is 6.62. The number of carbonyl (C=O) groups excluding carboxylic acids is 1. The molecular weight excluding hydrogens is 341 g/mol. The SMILES string of the molecule is CCC(Br)CNC(=O)c1cc(Br)ccc1F. The summed E-state index contributed by atoms with van der Waals surface area (Å²) < 4.78 is 14.0. The Balaban J connectivity index is 2.69. The lowest BCUT2D eigenvalue weighted by Gasteiger charge is -2.09. The Labute approximate surface area is 111 Å². The quantitative estimate of drug-likeness (QED) is 0.825. The molecule has 1 amide bonds. The van der Waals surface area contributed by atoms with Gasteiger partial charge in [-0.1, -0.05) is 38.8 Å². The van der Waals surface area contributed by atoms with Crippen LogP contribution in [0.4, 0.5) is 4.39 Å². The van der Waals surface area contributed by atoms with Crippen LogP contribution < -0.4 is 5.32 Å². The van der Waals surface area contributed by atoms with Crippen LogP contribution in [-0.4, -0.2) is 17.3 Å². The molecule has 0 heterocycles. The van der Waals surface area contributed by atoms with Crippen molar-refractivity contribution in [3.8, 4) is 0 Å². The van der Waals surface area contributed by atoms with Gasteiger partial charge in [0.15, 0.2) is 0 Å². The topological polar surface area (TPSA) is 29.1 Å². The van der Waals surface area contributed by atoms with Gasteiger partial charge in [0.2, 0.25) is 0 Å². The summed E-state index contributed by atoms with van der Waals surface area (Å²) >= 11 is 6.60. The van der Waals surface area contributed by atoms with Crippen molar-refractivity contribution in [3.63, 3.8) is 0 Å². The summed E-state index contributed by atoms with van der Waals surface area (Å²) in [5.41, 5.74) is 0.0604. The third-order valence-electron chi connectivity index (χ3n) is 2.10. The van der Waals surface area contributed by atoms with Gasteiger partial charge < -0.3 is 5.32 Å². The fraction of sp³-hybridized carbons (Fsp3) is 0.364. The van der Waals surface area contributed by atoms with E-state index in [2.05, 4.69) is 37.2 Å². The fourth-order valence-corrected chi connectivity index (χ4v) is 1.64. The van der Waals surface area contributed by atoms with Gasteiger partial charge in [0, 0.05) is 15.8 Å². The first-order valence-electron chi connectivity index (χ1n) is 4.92. The lowest BCUT2D eigenvalue weighted by Crippen LogP contribution is -2.29. The van der Waals surface area contributed by atoms with E-state index in [0.29, 0.717) is 11.0 Å². The second kappa shape index (κ2) is 6.35. The minimum Gasteiger partial charge on any atom is -0.351 e. The number of nitrogens with one attached hydrogen (secondary N) is 1. The number of hydrogen-bond acceptors (Lipinski definition) is 1. The molecule has 88 valence electrons. The summed E-state index contributed by atoms with van der Waals surface area (Å²) in [6, 6.07) is 4.30. The predicted octanol–water partition coefficient (Wildman–Crippen LogP) is 3.49. The van der Waals surface area contributed by atoms with Crippen LogP contribution in [0, 0.1) is 5.82 Å². The molecule has 0 spiro atoms. The van der Waals surface area contributed by atoms with E-state index in [0.717, 1.165) is 6.42 Å². The van der Waals surface area contributed by atoms with Crippen molar-refractivity contribution >= 4 is 37.8 Å². The van der Waals surface area contributed by atoms with Crippen molar-refractivity contribution in [3.05, 3.63) is 34.1 Å². The Hall–Kier alpha value is -0.420. The lowest BCUT2D eigenvalue weighted by molar-refractivity contribution is 0.0950. The molecule has 1 N–H and O–H groups in total. The molecule has 0 saturated carbocycles. The van der Waals surface area contributed by atoms with E-state index < -0.39 is 11.7 Å². The van der Waals surface area contributed by atoms with Crippen molar-refractivity contribution in [2.24, 2.45) is 0 Å². The van der Waals surface area contributed by atoms with Crippen molar-refractivity contribution in [2.75, 3.05) is 6.54 Å². The van der Waals surface area contributed by atoms with Crippen LogP contribution in [0.5, 0.6) is 0 Å². The highest BCUT2D eigenvalue weighted by atomic mass is 79.9. The molecule has 0 fully saturated rings. The van der Waals surface area contributed by atoms with Crippen LogP contribution in [-0.2, 0) is 0 Å². The second-order valence-electron chi connectivity index (χ2n) is 3.34. The monoisotopic (exact) mass is 351 g/mol. The Morgan fingerprint density at radius 2 is 2.25 bits per heavy atom. The summed E-state index contributed by atoms with van der Waals surface area (Å²) in [5.74, 6) is -0.903. The molecule has 0 aliphatic heterocycles.